The van der Waals surface area contributed by atoms with Crippen molar-refractivity contribution in [2.75, 3.05) is 6.54 Å². The number of amides is 2. The van der Waals surface area contributed by atoms with Crippen LogP contribution in [0, 0.1) is 5.41 Å². The van der Waals surface area contributed by atoms with Crippen LogP contribution in [0.5, 0.6) is 0 Å². The van der Waals surface area contributed by atoms with Gasteiger partial charge >= 0.3 is 0 Å². The van der Waals surface area contributed by atoms with E-state index in [0.717, 1.165) is 29.5 Å². The van der Waals surface area contributed by atoms with Crippen molar-refractivity contribution in [1.29, 1.82) is 0 Å². The summed E-state index contributed by atoms with van der Waals surface area (Å²) in [4.78, 5) is 44.6. The van der Waals surface area contributed by atoms with E-state index in [0.29, 0.717) is 19.4 Å². The second-order valence-electron chi connectivity index (χ2n) is 8.74. The number of nitrogens with zero attached hydrogens (tertiary/aromatic N) is 2. The monoisotopic (exact) mass is 421 g/mol. The van der Waals surface area contributed by atoms with Crippen molar-refractivity contribution in [3.63, 3.8) is 0 Å². The fourth-order valence-corrected chi connectivity index (χ4v) is 3.72. The summed E-state index contributed by atoms with van der Waals surface area (Å²) < 4.78 is 0. The first-order chi connectivity index (χ1) is 14.8. The number of benzene rings is 1. The molecular formula is C25H31N3O3. The second-order valence-corrected chi connectivity index (χ2v) is 8.74. The van der Waals surface area contributed by atoms with E-state index in [2.05, 4.69) is 10.3 Å². The Kier molecular flexibility index (Phi) is 7.21. The van der Waals surface area contributed by atoms with Crippen LogP contribution in [0.2, 0.25) is 0 Å². The van der Waals surface area contributed by atoms with E-state index in [1.807, 2.05) is 49.5 Å². The number of hydrogen-bond donors (Lipinski definition) is 1. The highest BCUT2D eigenvalue weighted by atomic mass is 16.2. The van der Waals surface area contributed by atoms with Crippen LogP contribution in [0.3, 0.4) is 0 Å². The maximum Gasteiger partial charge on any atom is 0.291 e. The van der Waals surface area contributed by atoms with Crippen LogP contribution in [0.1, 0.15) is 50.3 Å². The zero-order valence-electron chi connectivity index (χ0n) is 18.6. The number of hydrogen-bond acceptors (Lipinski definition) is 4. The van der Waals surface area contributed by atoms with Gasteiger partial charge in [0.2, 0.25) is 11.7 Å². The molecule has 0 saturated heterocycles. The average molecular weight is 422 g/mol. The summed E-state index contributed by atoms with van der Waals surface area (Å²) in [6, 6.07) is 11.0. The van der Waals surface area contributed by atoms with Gasteiger partial charge in [0.25, 0.3) is 5.91 Å². The van der Waals surface area contributed by atoms with E-state index in [1.54, 1.807) is 20.0 Å². The van der Waals surface area contributed by atoms with Gasteiger partial charge in [-0.2, -0.15) is 0 Å². The molecule has 6 heteroatoms. The van der Waals surface area contributed by atoms with Crippen molar-refractivity contribution in [2.24, 2.45) is 5.41 Å². The second kappa shape index (κ2) is 9.86. The molecule has 0 saturated carbocycles. The Balaban J connectivity index is 1.70. The lowest BCUT2D eigenvalue weighted by atomic mass is 9.83. The molecule has 1 aromatic heterocycles. The zero-order valence-corrected chi connectivity index (χ0v) is 18.6. The summed E-state index contributed by atoms with van der Waals surface area (Å²) in [6.45, 7) is 6.22. The lowest BCUT2D eigenvalue weighted by molar-refractivity contribution is -0.153. The highest BCUT2D eigenvalue weighted by Crippen LogP contribution is 2.27. The molecule has 0 aliphatic carbocycles. The largest absolute Gasteiger partial charge is 0.354 e. The van der Waals surface area contributed by atoms with Gasteiger partial charge in [-0.1, -0.05) is 51.1 Å². The molecule has 1 unspecified atom stereocenters. The van der Waals surface area contributed by atoms with Gasteiger partial charge < -0.3 is 10.2 Å². The van der Waals surface area contributed by atoms with Gasteiger partial charge in [0.05, 0.1) is 0 Å². The number of ketones is 1. The van der Waals surface area contributed by atoms with Gasteiger partial charge in [0, 0.05) is 37.3 Å². The number of nitrogens with one attached hydrogen (secondary N) is 1. The molecule has 0 spiro atoms. The minimum absolute atomic E-state index is 0.212. The van der Waals surface area contributed by atoms with Crippen LogP contribution >= 0.6 is 0 Å². The van der Waals surface area contributed by atoms with E-state index >= 15 is 0 Å². The summed E-state index contributed by atoms with van der Waals surface area (Å²) in [5.41, 5.74) is 2.40. The van der Waals surface area contributed by atoms with Crippen LogP contribution < -0.4 is 5.32 Å². The molecule has 1 atom stereocenters. The normalized spacial score (nSPS) is 15.8. The maximum absolute atomic E-state index is 13.1. The highest BCUT2D eigenvalue weighted by molar-refractivity contribution is 6.38. The van der Waals surface area contributed by atoms with Gasteiger partial charge in [-0.3, -0.25) is 19.4 Å². The maximum atomic E-state index is 13.1. The molecular weight excluding hydrogens is 390 g/mol. The minimum atomic E-state index is -0.751. The molecule has 0 bridgehead atoms. The molecule has 31 heavy (non-hydrogen) atoms. The quantitative estimate of drug-likeness (QED) is 0.525. The molecule has 1 aromatic carbocycles. The Bertz CT molecular complexity index is 940. The summed E-state index contributed by atoms with van der Waals surface area (Å²) in [5, 5.41) is 2.97. The number of carbonyl (C=O) groups excluding carboxylic acids is 3. The van der Waals surface area contributed by atoms with Gasteiger partial charge in [-0.05, 0) is 42.0 Å². The van der Waals surface area contributed by atoms with Crippen LogP contribution in [0.25, 0.3) is 0 Å². The number of fused-ring (bicyclic) bond motifs is 1. The van der Waals surface area contributed by atoms with Crippen molar-refractivity contribution in [2.45, 2.75) is 59.0 Å². The first kappa shape index (κ1) is 22.7. The van der Waals surface area contributed by atoms with Crippen LogP contribution in [0.15, 0.2) is 48.8 Å². The molecule has 2 aromatic rings. The molecule has 1 aliphatic rings. The van der Waals surface area contributed by atoms with E-state index < -0.39 is 23.1 Å². The van der Waals surface area contributed by atoms with Crippen molar-refractivity contribution < 1.29 is 14.4 Å². The van der Waals surface area contributed by atoms with Gasteiger partial charge in [0.1, 0.15) is 6.04 Å². The zero-order chi connectivity index (χ0) is 22.4. The molecule has 0 fully saturated rings. The third kappa shape index (κ3) is 5.37. The molecule has 1 aliphatic heterocycles. The van der Waals surface area contributed by atoms with E-state index in [4.69, 9.17) is 0 Å². The summed E-state index contributed by atoms with van der Waals surface area (Å²) in [6.07, 6.45) is 6.12. The highest BCUT2D eigenvalue weighted by Gasteiger charge is 2.41. The molecule has 1 N–H and O–H groups in total. The molecule has 3 rings (SSSR count). The van der Waals surface area contributed by atoms with E-state index in [1.165, 1.54) is 4.90 Å². The number of Topliss-reactive ketones (excluding diaryl/α,β-unsaturated/α-hetero) is 1. The Morgan fingerprint density at radius 3 is 2.55 bits per heavy atom. The molecule has 0 radical (unpaired) electrons. The van der Waals surface area contributed by atoms with Crippen molar-refractivity contribution >= 4 is 17.6 Å². The number of aromatic nitrogens is 1. The Morgan fingerprint density at radius 1 is 1.13 bits per heavy atom. The predicted octanol–water partition coefficient (Wildman–Crippen LogP) is 3.09. The summed E-state index contributed by atoms with van der Waals surface area (Å²) >= 11 is 0. The topological polar surface area (TPSA) is 79.4 Å². The smallest absolute Gasteiger partial charge is 0.291 e. The molecule has 2 amide bonds. The standard InChI is InChI=1S/C25H31N3O3/c1-4-25(2,3)22(29)24(31)28-17-20-12-6-5-11-19(20)15-21(28)23(30)27-14-8-10-18-9-7-13-26-16-18/h5-7,9,11-13,16,21H,4,8,10,14-15,17H2,1-3H3,(H,27,30). The molecule has 164 valence electrons. The van der Waals surface area contributed by atoms with E-state index in [9.17, 15) is 14.4 Å². The number of pyridine rings is 1. The Hall–Kier alpha value is -3.02. The third-order valence-corrected chi connectivity index (χ3v) is 6.17. The summed E-state index contributed by atoms with van der Waals surface area (Å²) in [7, 11) is 0. The Labute approximate surface area is 184 Å². The van der Waals surface area contributed by atoms with Crippen molar-refractivity contribution in [3.8, 4) is 0 Å². The van der Waals surface area contributed by atoms with E-state index in [-0.39, 0.29) is 12.5 Å². The fourth-order valence-electron chi connectivity index (χ4n) is 3.72. The lowest BCUT2D eigenvalue weighted by Gasteiger charge is -2.37. The molecule has 2 heterocycles. The SMILES string of the molecule is CCC(C)(C)C(=O)C(=O)N1Cc2ccccc2CC1C(=O)NCCCc1cccnc1. The minimum Gasteiger partial charge on any atom is -0.354 e. The van der Waals surface area contributed by atoms with Gasteiger partial charge in [-0.15, -0.1) is 0 Å². The van der Waals surface area contributed by atoms with Crippen molar-refractivity contribution in [3.05, 3.63) is 65.5 Å². The first-order valence-electron chi connectivity index (χ1n) is 10.9. The van der Waals surface area contributed by atoms with Crippen LogP contribution in [-0.2, 0) is 33.8 Å². The predicted molar refractivity (Wildman–Crippen MR) is 119 cm³/mol. The van der Waals surface area contributed by atoms with Gasteiger partial charge in [-0.25, -0.2) is 0 Å². The molecule has 6 nitrogen and oxygen atoms in total. The summed E-state index contributed by atoms with van der Waals surface area (Å²) in [5.74, 6) is -1.23. The number of rotatable bonds is 8. The van der Waals surface area contributed by atoms with Gasteiger partial charge in [0.15, 0.2) is 0 Å². The lowest BCUT2D eigenvalue weighted by Crippen LogP contribution is -2.55. The van der Waals surface area contributed by atoms with Crippen LogP contribution in [0.4, 0.5) is 0 Å². The number of aryl methyl sites for hydroxylation is 1. The Morgan fingerprint density at radius 2 is 1.87 bits per heavy atom. The number of carbonyl (C=O) groups is 3. The van der Waals surface area contributed by atoms with Crippen molar-refractivity contribution in [1.82, 2.24) is 15.2 Å². The fraction of sp³-hybridized carbons (Fsp3) is 0.440. The average Bonchev–Trinajstić information content (AvgIpc) is 2.80. The van der Waals surface area contributed by atoms with Crippen LogP contribution in [-0.4, -0.2) is 40.1 Å². The first-order valence-corrected chi connectivity index (χ1v) is 10.9. The third-order valence-electron chi connectivity index (χ3n) is 6.17.